The zero-order valence-corrected chi connectivity index (χ0v) is 31.6. The highest BCUT2D eigenvalue weighted by molar-refractivity contribution is 14.0. The molecule has 2 saturated heterocycles. The Morgan fingerprint density at radius 1 is 0.773 bits per heavy atom. The van der Waals surface area contributed by atoms with Crippen LogP contribution in [0.1, 0.15) is 107 Å². The first kappa shape index (κ1) is 41.2. The average Bonchev–Trinajstić information content (AvgIpc) is 2.88. The van der Waals surface area contributed by atoms with Crippen LogP contribution in [0.25, 0.3) is 0 Å². The third-order valence-electron chi connectivity index (χ3n) is 8.49. The van der Waals surface area contributed by atoms with Gasteiger partial charge in [-0.25, -0.2) is 0 Å². The lowest BCUT2D eigenvalue weighted by atomic mass is 9.83. The summed E-state index contributed by atoms with van der Waals surface area (Å²) in [5.41, 5.74) is -0.779. The predicted molar refractivity (Wildman–Crippen MR) is 191 cm³/mol. The van der Waals surface area contributed by atoms with Crippen molar-refractivity contribution in [2.75, 3.05) is 66.5 Å². The Hall–Kier alpha value is -0.820. The van der Waals surface area contributed by atoms with Gasteiger partial charge in [-0.1, -0.05) is 6.42 Å². The molecule has 4 fully saturated rings. The maximum atomic E-state index is 12.0. The van der Waals surface area contributed by atoms with E-state index in [2.05, 4.69) is 34.1 Å². The largest absolute Gasteiger partial charge is 0.460 e. The molecule has 44 heavy (non-hydrogen) atoms. The molecule has 4 rings (SSSR count). The Morgan fingerprint density at radius 2 is 1.27 bits per heavy atom. The van der Waals surface area contributed by atoms with Gasteiger partial charge in [-0.3, -0.25) is 19.3 Å². The molecular weight excluding hydrogens is 671 g/mol. The van der Waals surface area contributed by atoms with E-state index in [1.54, 1.807) is 0 Å². The minimum Gasteiger partial charge on any atom is -0.460 e. The quantitative estimate of drug-likeness (QED) is 0.295. The highest BCUT2D eigenvalue weighted by atomic mass is 127. The van der Waals surface area contributed by atoms with Gasteiger partial charge in [0.2, 0.25) is 0 Å². The molecule has 0 aromatic carbocycles. The minimum absolute atomic E-state index is 0. The Kier molecular flexibility index (Phi) is 19.1. The monoisotopic (exact) mass is 738 g/mol. The summed E-state index contributed by atoms with van der Waals surface area (Å²) in [6, 6.07) is 0.680. The molecule has 3 unspecified atom stereocenters. The lowest BCUT2D eigenvalue weighted by Gasteiger charge is -2.41. The minimum atomic E-state index is -0.421. The lowest BCUT2D eigenvalue weighted by Crippen LogP contribution is -2.50. The number of carbonyl (C=O) groups is 3. The van der Waals surface area contributed by atoms with Gasteiger partial charge < -0.3 is 24.6 Å². The smallest absolute Gasteiger partial charge is 0.306 e. The third kappa shape index (κ3) is 19.0. The summed E-state index contributed by atoms with van der Waals surface area (Å²) in [4.78, 5) is 42.1. The van der Waals surface area contributed by atoms with Crippen LogP contribution in [0.4, 0.5) is 0 Å². The van der Waals surface area contributed by atoms with Crippen LogP contribution < -0.4 is 5.32 Å². The molecule has 2 aliphatic carbocycles. The van der Waals surface area contributed by atoms with Crippen LogP contribution in [-0.4, -0.2) is 116 Å². The van der Waals surface area contributed by atoms with Crippen molar-refractivity contribution in [3.63, 3.8) is 0 Å². The molecule has 0 aromatic heterocycles. The normalized spacial score (nSPS) is 25.7. The average molecular weight is 739 g/mol. The topological polar surface area (TPSA) is 91.4 Å². The molecule has 10 heteroatoms. The van der Waals surface area contributed by atoms with Gasteiger partial charge in [0.05, 0.1) is 0 Å². The number of nitrogens with zero attached hydrogens (tertiary/aromatic N) is 3. The predicted octanol–water partition coefficient (Wildman–Crippen LogP) is 5.39. The highest BCUT2D eigenvalue weighted by Gasteiger charge is 2.30. The number of carbonyl (C=O) groups excluding carboxylic acids is 3. The van der Waals surface area contributed by atoms with Crippen molar-refractivity contribution in [2.45, 2.75) is 123 Å². The molecule has 3 atom stereocenters. The highest BCUT2D eigenvalue weighted by Crippen LogP contribution is 2.31. The van der Waals surface area contributed by atoms with E-state index < -0.39 is 5.60 Å². The van der Waals surface area contributed by atoms with Gasteiger partial charge in [0, 0.05) is 85.5 Å². The first-order valence-electron chi connectivity index (χ1n) is 16.9. The van der Waals surface area contributed by atoms with E-state index in [1.165, 1.54) is 65.0 Å². The molecule has 2 aliphatic heterocycles. The van der Waals surface area contributed by atoms with Crippen molar-refractivity contribution in [1.29, 1.82) is 0 Å². The van der Waals surface area contributed by atoms with Crippen LogP contribution in [0.5, 0.6) is 0 Å². The van der Waals surface area contributed by atoms with E-state index in [1.807, 2.05) is 41.5 Å². The Morgan fingerprint density at radius 3 is 1.75 bits per heavy atom. The summed E-state index contributed by atoms with van der Waals surface area (Å²) >= 11 is 0. The van der Waals surface area contributed by atoms with Crippen LogP contribution in [0.3, 0.4) is 0 Å². The van der Waals surface area contributed by atoms with E-state index in [9.17, 15) is 14.4 Å². The summed E-state index contributed by atoms with van der Waals surface area (Å²) in [6.07, 6.45) is 9.04. The molecule has 2 saturated carbocycles. The lowest BCUT2D eigenvalue weighted by molar-refractivity contribution is -0.157. The summed E-state index contributed by atoms with van der Waals surface area (Å²) in [7, 11) is 4.35. The second kappa shape index (κ2) is 20.4. The first-order chi connectivity index (χ1) is 20.1. The summed E-state index contributed by atoms with van der Waals surface area (Å²) in [6.45, 7) is 20.9. The Balaban J connectivity index is 0.000000704. The van der Waals surface area contributed by atoms with Gasteiger partial charge in [-0.2, -0.15) is 0 Å². The van der Waals surface area contributed by atoms with Gasteiger partial charge in [0.25, 0.3) is 0 Å². The summed E-state index contributed by atoms with van der Waals surface area (Å²) < 4.78 is 10.7. The zero-order valence-electron chi connectivity index (χ0n) is 29.3. The van der Waals surface area contributed by atoms with Crippen molar-refractivity contribution in [2.24, 2.45) is 11.8 Å². The van der Waals surface area contributed by atoms with Crippen LogP contribution in [0.15, 0.2) is 0 Å². The molecule has 260 valence electrons. The molecule has 0 spiro atoms. The second-order valence-electron chi connectivity index (χ2n) is 15.2. The molecule has 0 amide bonds. The maximum absolute atomic E-state index is 12.0. The second-order valence-corrected chi connectivity index (χ2v) is 15.2. The molecule has 0 bridgehead atoms. The number of likely N-dealkylation sites (N-methyl/N-ethyl adjacent to an activating group) is 2. The van der Waals surface area contributed by atoms with E-state index >= 15 is 0 Å². The number of piperazine rings is 2. The zero-order chi connectivity index (χ0) is 32.0. The van der Waals surface area contributed by atoms with Gasteiger partial charge >= 0.3 is 11.9 Å². The third-order valence-corrected chi connectivity index (χ3v) is 8.49. The molecule has 4 aliphatic rings. The van der Waals surface area contributed by atoms with E-state index in [0.717, 1.165) is 25.9 Å². The van der Waals surface area contributed by atoms with Crippen LogP contribution >= 0.6 is 24.0 Å². The fraction of sp³-hybridized carbons (Fsp3) is 0.912. The Labute approximate surface area is 287 Å². The van der Waals surface area contributed by atoms with Crippen LogP contribution in [0, 0.1) is 11.8 Å². The van der Waals surface area contributed by atoms with Crippen LogP contribution in [-0.2, 0) is 23.9 Å². The van der Waals surface area contributed by atoms with Crippen molar-refractivity contribution in [3.05, 3.63) is 0 Å². The van der Waals surface area contributed by atoms with Crippen molar-refractivity contribution >= 4 is 41.7 Å². The Bertz CT molecular complexity index is 853. The number of hydrogen-bond acceptors (Lipinski definition) is 9. The van der Waals surface area contributed by atoms with Gasteiger partial charge in [-0.15, -0.1) is 24.0 Å². The summed E-state index contributed by atoms with van der Waals surface area (Å²) in [5, 5.41) is 3.27. The number of ketones is 1. The fourth-order valence-electron chi connectivity index (χ4n) is 6.27. The van der Waals surface area contributed by atoms with Crippen molar-refractivity contribution < 1.29 is 25.3 Å². The van der Waals surface area contributed by atoms with E-state index in [0.29, 0.717) is 37.6 Å². The standard InChI is InChI=1S/C17H32N2O2.C12H20O3.C5H12N2.HI.H2/c1-17(2,3)21-16(20)13-14-6-5-7-15(12-14)19-10-8-18(4)9-11-19;1-12(2,3)15-11(14)8-9-5-4-6-10(13)7-9;1-7-4-2-6-3-5-7;;/h14-15H,5-13H2,1-4H3;9H,4-8H2,1-3H3;6H,2-5H2,1H3;2*1H. The number of nitrogens with one attached hydrogen (secondary N) is 1. The first-order valence-corrected chi connectivity index (χ1v) is 16.9. The number of rotatable bonds is 5. The van der Waals surface area contributed by atoms with E-state index in [-0.39, 0.29) is 54.6 Å². The number of halogens is 1. The molecule has 0 aromatic rings. The molecule has 0 radical (unpaired) electrons. The van der Waals surface area contributed by atoms with Gasteiger partial charge in [-0.05, 0) is 99.6 Å². The van der Waals surface area contributed by atoms with Crippen molar-refractivity contribution in [3.8, 4) is 0 Å². The van der Waals surface area contributed by atoms with Gasteiger partial charge in [0.1, 0.15) is 17.0 Å². The number of Topliss-reactive ketones (excluding diaryl/α,β-unsaturated/α-hetero) is 1. The maximum Gasteiger partial charge on any atom is 0.306 e. The molecule has 9 nitrogen and oxygen atoms in total. The number of hydrogen-bond donors (Lipinski definition) is 1. The molecular formula is C34H67IN4O5. The number of esters is 2. The summed E-state index contributed by atoms with van der Waals surface area (Å²) in [5.74, 6) is 0.808. The molecule has 1 N–H and O–H groups in total. The van der Waals surface area contributed by atoms with E-state index in [4.69, 9.17) is 9.47 Å². The molecule has 2 heterocycles. The SMILES string of the molecule is CC(C)(C)OC(=O)CC1CCCC(=O)C1.CN1CCN(C2CCCC(CC(=O)OC(C)(C)C)C2)CC1.CN1CCNCC1.I.[HH]. The number of ether oxygens (including phenoxy) is 2. The van der Waals surface area contributed by atoms with Crippen molar-refractivity contribution in [1.82, 2.24) is 20.0 Å². The fourth-order valence-corrected chi connectivity index (χ4v) is 6.27. The van der Waals surface area contributed by atoms with Crippen LogP contribution in [0.2, 0.25) is 0 Å². The van der Waals surface area contributed by atoms with Gasteiger partial charge in [0.15, 0.2) is 0 Å².